The number of nitrogens with one attached hydrogen (secondary N) is 1. The fourth-order valence-electron chi connectivity index (χ4n) is 1.99. The number of sulfonamides is 1. The van der Waals surface area contributed by atoms with E-state index in [0.29, 0.717) is 5.76 Å². The van der Waals surface area contributed by atoms with Gasteiger partial charge in [-0.25, -0.2) is 13.1 Å². The van der Waals surface area contributed by atoms with Crippen molar-refractivity contribution in [3.05, 3.63) is 17.6 Å². The lowest BCUT2D eigenvalue weighted by atomic mass is 10.2. The number of hydrogen-bond donors (Lipinski definition) is 2. The summed E-state index contributed by atoms with van der Waals surface area (Å²) in [5.74, 6) is 2.49. The fraction of sp³-hybridized carbons (Fsp3) is 0.636. The zero-order valence-corrected chi connectivity index (χ0v) is 11.8. The molecule has 0 aliphatic carbocycles. The normalized spacial score (nSPS) is 21.1. The van der Waals surface area contributed by atoms with Crippen molar-refractivity contribution in [3.8, 4) is 0 Å². The van der Waals surface area contributed by atoms with E-state index in [4.69, 9.17) is 9.52 Å². The van der Waals surface area contributed by atoms with Crippen LogP contribution < -0.4 is 4.72 Å². The fourth-order valence-corrected chi connectivity index (χ4v) is 4.64. The second-order valence-corrected chi connectivity index (χ2v) is 7.16. The largest absolute Gasteiger partial charge is 0.462 e. The topological polar surface area (TPSA) is 79.5 Å². The van der Waals surface area contributed by atoms with Crippen LogP contribution in [-0.2, 0) is 16.6 Å². The van der Waals surface area contributed by atoms with Crippen molar-refractivity contribution < 1.29 is 17.9 Å². The van der Waals surface area contributed by atoms with Crippen molar-refractivity contribution in [2.45, 2.75) is 37.3 Å². The summed E-state index contributed by atoms with van der Waals surface area (Å²) in [6.07, 6.45) is 1.90. The number of aliphatic hydroxyl groups excluding tert-OH is 1. The van der Waals surface area contributed by atoms with Crippen LogP contribution in [0.1, 0.15) is 24.4 Å². The standard InChI is InChI=1S/C11H17NO4S2/c1-8-11(5-10(6-13)16-8)18(14,15)12-9-3-2-4-17-7-9/h5,9,12-13H,2-4,6-7H2,1H3. The monoisotopic (exact) mass is 291 g/mol. The maximum Gasteiger partial charge on any atom is 0.244 e. The van der Waals surface area contributed by atoms with Crippen LogP contribution in [0.2, 0.25) is 0 Å². The number of aliphatic hydroxyl groups is 1. The van der Waals surface area contributed by atoms with E-state index in [2.05, 4.69) is 4.72 Å². The molecule has 2 N–H and O–H groups in total. The predicted molar refractivity (Wildman–Crippen MR) is 70.0 cm³/mol. The molecule has 1 aromatic rings. The van der Waals surface area contributed by atoms with Gasteiger partial charge in [-0.05, 0) is 25.5 Å². The molecule has 1 aliphatic heterocycles. The van der Waals surface area contributed by atoms with Gasteiger partial charge in [0.15, 0.2) is 0 Å². The minimum atomic E-state index is -3.55. The van der Waals surface area contributed by atoms with Gasteiger partial charge in [-0.15, -0.1) is 0 Å². The predicted octanol–water partition coefficient (Wildman–Crippen LogP) is 1.25. The SMILES string of the molecule is Cc1oc(CO)cc1S(=O)(=O)NC1CCCSC1. The van der Waals surface area contributed by atoms with E-state index in [9.17, 15) is 8.42 Å². The zero-order valence-electron chi connectivity index (χ0n) is 10.2. The van der Waals surface area contributed by atoms with E-state index in [0.717, 1.165) is 24.3 Å². The van der Waals surface area contributed by atoms with E-state index >= 15 is 0 Å². The maximum atomic E-state index is 12.2. The summed E-state index contributed by atoms with van der Waals surface area (Å²) >= 11 is 1.76. The van der Waals surface area contributed by atoms with Gasteiger partial charge in [0, 0.05) is 17.9 Å². The average molecular weight is 291 g/mol. The summed E-state index contributed by atoms with van der Waals surface area (Å²) < 4.78 is 32.2. The molecule has 18 heavy (non-hydrogen) atoms. The van der Waals surface area contributed by atoms with Crippen molar-refractivity contribution >= 4 is 21.8 Å². The van der Waals surface area contributed by atoms with Crippen LogP contribution >= 0.6 is 11.8 Å². The molecule has 0 spiro atoms. The third kappa shape index (κ3) is 3.09. The quantitative estimate of drug-likeness (QED) is 0.873. The molecule has 2 heterocycles. The number of rotatable bonds is 4. The van der Waals surface area contributed by atoms with Crippen molar-refractivity contribution in [3.63, 3.8) is 0 Å². The van der Waals surface area contributed by atoms with Crippen LogP contribution in [0.5, 0.6) is 0 Å². The van der Waals surface area contributed by atoms with Crippen LogP contribution in [-0.4, -0.2) is 31.1 Å². The molecule has 0 radical (unpaired) electrons. The molecule has 102 valence electrons. The number of hydrogen-bond acceptors (Lipinski definition) is 5. The molecule has 1 aromatic heterocycles. The van der Waals surface area contributed by atoms with Crippen LogP contribution in [0.3, 0.4) is 0 Å². The molecule has 1 atom stereocenters. The molecule has 0 aromatic carbocycles. The van der Waals surface area contributed by atoms with Crippen LogP contribution in [0.4, 0.5) is 0 Å². The first-order valence-electron chi connectivity index (χ1n) is 5.83. The highest BCUT2D eigenvalue weighted by Gasteiger charge is 2.25. The summed E-state index contributed by atoms with van der Waals surface area (Å²) in [5.41, 5.74) is 0. The zero-order chi connectivity index (χ0) is 13.2. The summed E-state index contributed by atoms with van der Waals surface area (Å²) in [6.45, 7) is 1.29. The molecule has 0 amide bonds. The van der Waals surface area contributed by atoms with Crippen LogP contribution in [0.15, 0.2) is 15.4 Å². The Kier molecular flexibility index (Phi) is 4.37. The first-order chi connectivity index (χ1) is 8.53. The summed E-state index contributed by atoms with van der Waals surface area (Å²) in [7, 11) is -3.55. The Morgan fingerprint density at radius 3 is 2.94 bits per heavy atom. The average Bonchev–Trinajstić information content (AvgIpc) is 2.72. The van der Waals surface area contributed by atoms with Gasteiger partial charge < -0.3 is 9.52 Å². The Bertz CT molecular complexity index is 503. The minimum absolute atomic E-state index is 0.0133. The van der Waals surface area contributed by atoms with Gasteiger partial charge in [0.2, 0.25) is 10.0 Å². The van der Waals surface area contributed by atoms with E-state index < -0.39 is 10.0 Å². The number of furan rings is 1. The van der Waals surface area contributed by atoms with Crippen molar-refractivity contribution in [1.29, 1.82) is 0 Å². The molecule has 0 saturated carbocycles. The van der Waals surface area contributed by atoms with Crippen molar-refractivity contribution in [2.24, 2.45) is 0 Å². The Labute approximate surface area is 111 Å². The molecule has 7 heteroatoms. The van der Waals surface area contributed by atoms with Gasteiger partial charge in [-0.2, -0.15) is 11.8 Å². The van der Waals surface area contributed by atoms with Crippen LogP contribution in [0, 0.1) is 6.92 Å². The molecule has 1 unspecified atom stereocenters. The molecule has 5 nitrogen and oxygen atoms in total. The molecular weight excluding hydrogens is 274 g/mol. The van der Waals surface area contributed by atoms with Gasteiger partial charge in [0.25, 0.3) is 0 Å². The minimum Gasteiger partial charge on any atom is -0.462 e. The summed E-state index contributed by atoms with van der Waals surface area (Å²) in [4.78, 5) is 0.127. The van der Waals surface area contributed by atoms with Gasteiger partial charge in [-0.3, -0.25) is 0 Å². The molecular formula is C11H17NO4S2. The second-order valence-electron chi connectivity index (χ2n) is 4.33. The van der Waals surface area contributed by atoms with Crippen molar-refractivity contribution in [1.82, 2.24) is 4.72 Å². The van der Waals surface area contributed by atoms with E-state index in [1.165, 1.54) is 6.07 Å². The Hall–Kier alpha value is -0.500. The Balaban J connectivity index is 2.16. The van der Waals surface area contributed by atoms with E-state index in [1.807, 2.05) is 0 Å². The lowest BCUT2D eigenvalue weighted by Crippen LogP contribution is -2.38. The molecule has 2 rings (SSSR count). The molecule has 1 fully saturated rings. The third-order valence-electron chi connectivity index (χ3n) is 2.85. The smallest absolute Gasteiger partial charge is 0.244 e. The third-order valence-corrected chi connectivity index (χ3v) is 5.69. The number of aryl methyl sites for hydroxylation is 1. The highest BCUT2D eigenvalue weighted by atomic mass is 32.2. The summed E-state index contributed by atoms with van der Waals surface area (Å²) in [5, 5.41) is 8.95. The van der Waals surface area contributed by atoms with Crippen molar-refractivity contribution in [2.75, 3.05) is 11.5 Å². The van der Waals surface area contributed by atoms with Gasteiger partial charge in [-0.1, -0.05) is 0 Å². The first kappa shape index (κ1) is 13.9. The Morgan fingerprint density at radius 1 is 1.61 bits per heavy atom. The summed E-state index contributed by atoms with van der Waals surface area (Å²) in [6, 6.07) is 1.37. The molecule has 0 bridgehead atoms. The number of thioether (sulfide) groups is 1. The van der Waals surface area contributed by atoms with E-state index in [-0.39, 0.29) is 23.3 Å². The highest BCUT2D eigenvalue weighted by molar-refractivity contribution is 7.99. The Morgan fingerprint density at radius 2 is 2.39 bits per heavy atom. The highest BCUT2D eigenvalue weighted by Crippen LogP contribution is 2.23. The lowest BCUT2D eigenvalue weighted by Gasteiger charge is -2.22. The lowest BCUT2D eigenvalue weighted by molar-refractivity contribution is 0.244. The van der Waals surface area contributed by atoms with Gasteiger partial charge in [0.05, 0.1) is 0 Å². The van der Waals surface area contributed by atoms with Gasteiger partial charge in [0.1, 0.15) is 23.0 Å². The molecule has 1 aliphatic rings. The first-order valence-corrected chi connectivity index (χ1v) is 8.47. The molecule has 1 saturated heterocycles. The van der Waals surface area contributed by atoms with Crippen LogP contribution in [0.25, 0.3) is 0 Å². The van der Waals surface area contributed by atoms with Gasteiger partial charge >= 0.3 is 0 Å². The maximum absolute atomic E-state index is 12.2. The van der Waals surface area contributed by atoms with E-state index in [1.54, 1.807) is 18.7 Å². The second kappa shape index (κ2) is 5.64.